The Bertz CT molecular complexity index is 953. The largest absolute Gasteiger partial charge is 0.331 e. The van der Waals surface area contributed by atoms with Crippen molar-refractivity contribution in [1.29, 1.82) is 0 Å². The van der Waals surface area contributed by atoms with Crippen LogP contribution in [0.1, 0.15) is 25.3 Å². The summed E-state index contributed by atoms with van der Waals surface area (Å²) < 4.78 is 2.28. The topological polar surface area (TPSA) is 17.8 Å². The predicted molar refractivity (Wildman–Crippen MR) is 117 cm³/mol. The van der Waals surface area contributed by atoms with Crippen LogP contribution in [0.4, 0.5) is 0 Å². The maximum atomic E-state index is 4.66. The first-order valence-electron chi connectivity index (χ1n) is 9.66. The minimum absolute atomic E-state index is 0.420. The molecule has 0 aliphatic carbocycles. The fourth-order valence-electron chi connectivity index (χ4n) is 3.44. The molecule has 4 rings (SSSR count). The van der Waals surface area contributed by atoms with Gasteiger partial charge in [0.1, 0.15) is 0 Å². The molecule has 0 radical (unpaired) electrons. The van der Waals surface area contributed by atoms with Crippen LogP contribution in [-0.2, 0) is 12.7 Å². The molecule has 3 aromatic carbocycles. The summed E-state index contributed by atoms with van der Waals surface area (Å²) in [6.45, 7) is 3.28. The third-order valence-corrected chi connectivity index (χ3v) is 7.44. The van der Waals surface area contributed by atoms with Crippen molar-refractivity contribution in [3.63, 3.8) is 0 Å². The van der Waals surface area contributed by atoms with Gasteiger partial charge < -0.3 is 4.57 Å². The first-order chi connectivity index (χ1) is 13.3. The summed E-state index contributed by atoms with van der Waals surface area (Å²) in [4.78, 5) is 4.66. The number of aromatic nitrogens is 2. The molecule has 3 heteroatoms. The van der Waals surface area contributed by atoms with Crippen molar-refractivity contribution in [1.82, 2.24) is 9.55 Å². The molecule has 136 valence electrons. The third kappa shape index (κ3) is 4.12. The number of benzene rings is 3. The van der Waals surface area contributed by atoms with E-state index < -0.39 is 7.92 Å². The van der Waals surface area contributed by atoms with Crippen LogP contribution in [0.3, 0.4) is 0 Å². The van der Waals surface area contributed by atoms with E-state index in [1.807, 2.05) is 6.33 Å². The first-order valence-corrected chi connectivity index (χ1v) is 11.2. The average molecular weight is 372 g/mol. The lowest BCUT2D eigenvalue weighted by Gasteiger charge is -2.19. The van der Waals surface area contributed by atoms with E-state index in [0.29, 0.717) is 0 Å². The first kappa shape index (κ1) is 17.9. The molecule has 1 heterocycles. The van der Waals surface area contributed by atoms with Crippen LogP contribution in [0.2, 0.25) is 0 Å². The van der Waals surface area contributed by atoms with Gasteiger partial charge in [-0.05, 0) is 42.6 Å². The Labute approximate surface area is 162 Å². The predicted octanol–water partition coefficient (Wildman–Crippen LogP) is 5.47. The van der Waals surface area contributed by atoms with Crippen LogP contribution >= 0.6 is 7.92 Å². The highest BCUT2D eigenvalue weighted by atomic mass is 31.1. The minimum atomic E-state index is -0.420. The number of imidazole rings is 1. The Kier molecular flexibility index (Phi) is 5.65. The van der Waals surface area contributed by atoms with Gasteiger partial charge in [0.15, 0.2) is 0 Å². The fourth-order valence-corrected chi connectivity index (χ4v) is 5.73. The van der Waals surface area contributed by atoms with Crippen LogP contribution in [0.15, 0.2) is 85.2 Å². The molecule has 27 heavy (non-hydrogen) atoms. The van der Waals surface area contributed by atoms with E-state index in [1.54, 1.807) is 0 Å². The fraction of sp³-hybridized carbons (Fsp3) is 0.208. The zero-order valence-corrected chi connectivity index (χ0v) is 16.6. The van der Waals surface area contributed by atoms with E-state index >= 15 is 0 Å². The molecule has 0 aliphatic heterocycles. The molecule has 0 unspecified atom stereocenters. The van der Waals surface area contributed by atoms with Gasteiger partial charge in [-0.25, -0.2) is 4.98 Å². The van der Waals surface area contributed by atoms with Gasteiger partial charge in [-0.2, -0.15) is 0 Å². The highest BCUT2D eigenvalue weighted by molar-refractivity contribution is 7.72. The van der Waals surface area contributed by atoms with Gasteiger partial charge in [-0.15, -0.1) is 0 Å². The molecular weight excluding hydrogens is 347 g/mol. The zero-order chi connectivity index (χ0) is 18.5. The second kappa shape index (κ2) is 8.50. The van der Waals surface area contributed by atoms with Crippen molar-refractivity contribution in [2.75, 3.05) is 0 Å². The van der Waals surface area contributed by atoms with Gasteiger partial charge in [-0.1, -0.05) is 80.1 Å². The van der Waals surface area contributed by atoms with Crippen LogP contribution in [0.25, 0.3) is 11.0 Å². The zero-order valence-electron chi connectivity index (χ0n) is 15.8. The van der Waals surface area contributed by atoms with Gasteiger partial charge >= 0.3 is 0 Å². The average Bonchev–Trinajstić information content (AvgIpc) is 3.14. The molecule has 0 amide bonds. The van der Waals surface area contributed by atoms with Gasteiger partial charge in [0.25, 0.3) is 0 Å². The summed E-state index contributed by atoms with van der Waals surface area (Å²) in [6.07, 6.45) is 5.43. The molecule has 0 saturated carbocycles. The van der Waals surface area contributed by atoms with Gasteiger partial charge in [0.05, 0.1) is 17.4 Å². The number of fused-ring (bicyclic) bond motifs is 1. The number of unbranched alkanes of at least 4 members (excludes halogenated alkanes) is 1. The van der Waals surface area contributed by atoms with Crippen LogP contribution in [0.5, 0.6) is 0 Å². The number of aryl methyl sites for hydroxylation is 1. The molecule has 0 spiro atoms. The third-order valence-electron chi connectivity index (χ3n) is 4.91. The number of rotatable bonds is 7. The molecular formula is C24H25N2P. The van der Waals surface area contributed by atoms with Crippen molar-refractivity contribution >= 4 is 29.6 Å². The maximum absolute atomic E-state index is 4.66. The summed E-state index contributed by atoms with van der Waals surface area (Å²) in [5, 5.41) is 2.85. The summed E-state index contributed by atoms with van der Waals surface area (Å²) in [6, 6.07) is 28.6. The minimum Gasteiger partial charge on any atom is -0.331 e. The molecule has 2 nitrogen and oxygen atoms in total. The summed E-state index contributed by atoms with van der Waals surface area (Å²) in [7, 11) is -0.420. The number of hydrogen-bond acceptors (Lipinski definition) is 1. The maximum Gasteiger partial charge on any atom is 0.0958 e. The SMILES string of the molecule is CCCCn1cnc2cc(CP(c3ccccc3)c3ccccc3)ccc21. The van der Waals surface area contributed by atoms with E-state index in [4.69, 9.17) is 0 Å². The van der Waals surface area contributed by atoms with Gasteiger partial charge in [-0.3, -0.25) is 0 Å². The molecule has 4 aromatic rings. The van der Waals surface area contributed by atoms with Crippen LogP contribution < -0.4 is 10.6 Å². The molecule has 0 N–H and O–H groups in total. The molecule has 0 fully saturated rings. The Morgan fingerprint density at radius 3 is 2.15 bits per heavy atom. The van der Waals surface area contributed by atoms with Crippen molar-refractivity contribution in [2.24, 2.45) is 0 Å². The summed E-state index contributed by atoms with van der Waals surface area (Å²) >= 11 is 0. The van der Waals surface area contributed by atoms with Crippen LogP contribution in [-0.4, -0.2) is 9.55 Å². The van der Waals surface area contributed by atoms with E-state index in [9.17, 15) is 0 Å². The number of nitrogens with zero attached hydrogens (tertiary/aromatic N) is 2. The quantitative estimate of drug-likeness (QED) is 0.393. The highest BCUT2D eigenvalue weighted by Crippen LogP contribution is 2.38. The summed E-state index contributed by atoms with van der Waals surface area (Å²) in [5.41, 5.74) is 3.72. The van der Waals surface area contributed by atoms with Gasteiger partial charge in [0.2, 0.25) is 0 Å². The molecule has 1 aromatic heterocycles. The highest BCUT2D eigenvalue weighted by Gasteiger charge is 2.15. The van der Waals surface area contributed by atoms with Gasteiger partial charge in [0, 0.05) is 12.7 Å². The standard InChI is InChI=1S/C24H25N2P/c1-2-3-16-26-19-25-23-17-20(14-15-24(23)26)18-27(21-10-6-4-7-11-21)22-12-8-5-9-13-22/h4-15,17,19H,2-3,16,18H2,1H3. The lowest BCUT2D eigenvalue weighted by molar-refractivity contribution is 0.646. The molecule has 0 aliphatic rings. The second-order valence-electron chi connectivity index (χ2n) is 6.87. The van der Waals surface area contributed by atoms with E-state index in [-0.39, 0.29) is 0 Å². The van der Waals surface area contributed by atoms with Crippen molar-refractivity contribution in [3.8, 4) is 0 Å². The molecule has 0 saturated heterocycles. The normalized spacial score (nSPS) is 11.3. The monoisotopic (exact) mass is 372 g/mol. The Balaban J connectivity index is 1.65. The Morgan fingerprint density at radius 1 is 0.852 bits per heavy atom. The molecule has 0 bridgehead atoms. The van der Waals surface area contributed by atoms with E-state index in [1.165, 1.54) is 34.5 Å². The summed E-state index contributed by atoms with van der Waals surface area (Å²) in [5.74, 6) is 0. The van der Waals surface area contributed by atoms with Crippen molar-refractivity contribution < 1.29 is 0 Å². The van der Waals surface area contributed by atoms with Crippen molar-refractivity contribution in [3.05, 3.63) is 90.8 Å². The lowest BCUT2D eigenvalue weighted by atomic mass is 10.2. The Hall–Kier alpha value is -2.44. The smallest absolute Gasteiger partial charge is 0.0958 e. The molecule has 0 atom stereocenters. The lowest BCUT2D eigenvalue weighted by Crippen LogP contribution is -2.12. The number of hydrogen-bond donors (Lipinski definition) is 0. The van der Waals surface area contributed by atoms with E-state index in [2.05, 4.69) is 95.3 Å². The van der Waals surface area contributed by atoms with Crippen LogP contribution in [0, 0.1) is 0 Å². The van der Waals surface area contributed by atoms with E-state index in [0.717, 1.165) is 18.2 Å². The van der Waals surface area contributed by atoms with Crippen molar-refractivity contribution in [2.45, 2.75) is 32.5 Å². The second-order valence-corrected chi connectivity index (χ2v) is 9.08. The Morgan fingerprint density at radius 2 is 1.52 bits per heavy atom.